The number of likely N-dealkylation sites (N-methyl/N-ethyl adjacent to an activating group) is 1. The average molecular weight is 248 g/mol. The SMILES string of the molecule is CCN1CCC(Oc2ccc(N=C=S)cc2)C1. The Labute approximate surface area is 107 Å². The molecule has 1 fully saturated rings. The molecule has 0 aromatic heterocycles. The Morgan fingerprint density at radius 2 is 2.24 bits per heavy atom. The highest BCUT2D eigenvalue weighted by Crippen LogP contribution is 2.21. The second-order valence-corrected chi connectivity index (χ2v) is 4.30. The number of benzene rings is 1. The lowest BCUT2D eigenvalue weighted by molar-refractivity contribution is 0.202. The van der Waals surface area contributed by atoms with Gasteiger partial charge in [-0.25, -0.2) is 0 Å². The van der Waals surface area contributed by atoms with Gasteiger partial charge in [0, 0.05) is 13.1 Å². The van der Waals surface area contributed by atoms with Gasteiger partial charge in [-0.15, -0.1) is 0 Å². The van der Waals surface area contributed by atoms with Gasteiger partial charge in [-0.05, 0) is 49.4 Å². The number of hydrogen-bond acceptors (Lipinski definition) is 4. The first-order valence-corrected chi connectivity index (χ1v) is 6.29. The number of ether oxygens (including phenoxy) is 1. The molecule has 0 radical (unpaired) electrons. The van der Waals surface area contributed by atoms with E-state index >= 15 is 0 Å². The monoisotopic (exact) mass is 248 g/mol. The third kappa shape index (κ3) is 3.37. The smallest absolute Gasteiger partial charge is 0.119 e. The maximum absolute atomic E-state index is 5.91. The van der Waals surface area contributed by atoms with E-state index in [2.05, 4.69) is 34.2 Å². The number of thiocarbonyl (C=S) groups is 1. The Hall–Kier alpha value is -1.22. The molecule has 3 nitrogen and oxygen atoms in total. The molecule has 0 amide bonds. The van der Waals surface area contributed by atoms with Crippen molar-refractivity contribution in [2.75, 3.05) is 19.6 Å². The zero-order chi connectivity index (χ0) is 12.1. The summed E-state index contributed by atoms with van der Waals surface area (Å²) in [5.41, 5.74) is 0.814. The third-order valence-electron chi connectivity index (χ3n) is 2.99. The van der Waals surface area contributed by atoms with Gasteiger partial charge in [0.05, 0.1) is 10.8 Å². The van der Waals surface area contributed by atoms with Crippen molar-refractivity contribution in [3.63, 3.8) is 0 Å². The molecule has 0 bridgehead atoms. The number of aliphatic imine (C=N–C) groups is 1. The van der Waals surface area contributed by atoms with Crippen LogP contribution in [0.2, 0.25) is 0 Å². The summed E-state index contributed by atoms with van der Waals surface area (Å²) < 4.78 is 5.91. The first kappa shape index (κ1) is 12.2. The van der Waals surface area contributed by atoms with E-state index in [0.717, 1.165) is 37.5 Å². The molecule has 2 rings (SSSR count). The summed E-state index contributed by atoms with van der Waals surface area (Å²) in [5, 5.41) is 2.35. The lowest BCUT2D eigenvalue weighted by Gasteiger charge is -2.15. The summed E-state index contributed by atoms with van der Waals surface area (Å²) in [6.07, 6.45) is 1.42. The van der Waals surface area contributed by atoms with Gasteiger partial charge in [0.25, 0.3) is 0 Å². The summed E-state index contributed by atoms with van der Waals surface area (Å²) in [4.78, 5) is 6.30. The van der Waals surface area contributed by atoms with Gasteiger partial charge in [0.15, 0.2) is 0 Å². The Bertz CT molecular complexity index is 412. The van der Waals surface area contributed by atoms with Crippen LogP contribution < -0.4 is 4.74 Å². The number of isothiocyanates is 1. The molecule has 0 spiro atoms. The minimum Gasteiger partial charge on any atom is -0.489 e. The summed E-state index contributed by atoms with van der Waals surface area (Å²) >= 11 is 4.56. The van der Waals surface area contributed by atoms with E-state index in [-0.39, 0.29) is 0 Å². The van der Waals surface area contributed by atoms with Crippen LogP contribution in [0.25, 0.3) is 0 Å². The molecular weight excluding hydrogens is 232 g/mol. The first-order valence-electron chi connectivity index (χ1n) is 5.88. The van der Waals surface area contributed by atoms with Crippen molar-refractivity contribution in [1.29, 1.82) is 0 Å². The van der Waals surface area contributed by atoms with Crippen LogP contribution in [0.15, 0.2) is 29.3 Å². The molecule has 1 aliphatic rings. The van der Waals surface area contributed by atoms with Crippen molar-refractivity contribution in [1.82, 2.24) is 4.90 Å². The minimum absolute atomic E-state index is 0.315. The van der Waals surface area contributed by atoms with Crippen LogP contribution >= 0.6 is 12.2 Å². The maximum Gasteiger partial charge on any atom is 0.119 e. The highest BCUT2D eigenvalue weighted by Gasteiger charge is 2.22. The molecule has 17 heavy (non-hydrogen) atoms. The maximum atomic E-state index is 5.91. The molecule has 1 aromatic rings. The topological polar surface area (TPSA) is 24.8 Å². The zero-order valence-electron chi connectivity index (χ0n) is 9.93. The number of nitrogens with zero attached hydrogens (tertiary/aromatic N) is 2. The fraction of sp³-hybridized carbons (Fsp3) is 0.462. The lowest BCUT2D eigenvalue weighted by atomic mass is 10.3. The summed E-state index contributed by atoms with van der Waals surface area (Å²) in [6, 6.07) is 7.64. The van der Waals surface area contributed by atoms with Crippen LogP contribution in [-0.2, 0) is 0 Å². The second kappa shape index (κ2) is 5.92. The van der Waals surface area contributed by atoms with E-state index in [0.29, 0.717) is 6.10 Å². The van der Waals surface area contributed by atoms with Gasteiger partial charge in [-0.2, -0.15) is 4.99 Å². The lowest BCUT2D eigenvalue weighted by Crippen LogP contribution is -2.24. The molecule has 1 heterocycles. The predicted octanol–water partition coefficient (Wildman–Crippen LogP) is 2.89. The molecule has 0 saturated carbocycles. The van der Waals surface area contributed by atoms with Gasteiger partial charge in [-0.1, -0.05) is 6.92 Å². The summed E-state index contributed by atoms with van der Waals surface area (Å²) in [7, 11) is 0. The highest BCUT2D eigenvalue weighted by molar-refractivity contribution is 7.78. The van der Waals surface area contributed by atoms with E-state index in [9.17, 15) is 0 Å². The standard InChI is InChI=1S/C13H16N2OS/c1-2-15-8-7-13(9-15)16-12-5-3-11(4-6-12)14-10-17/h3-6,13H,2,7-9H2,1H3. The molecule has 90 valence electrons. The van der Waals surface area contributed by atoms with Crippen LogP contribution in [0.3, 0.4) is 0 Å². The second-order valence-electron chi connectivity index (χ2n) is 4.12. The van der Waals surface area contributed by atoms with Crippen LogP contribution in [0.5, 0.6) is 5.75 Å². The van der Waals surface area contributed by atoms with Crippen molar-refractivity contribution in [2.45, 2.75) is 19.4 Å². The average Bonchev–Trinajstić information content (AvgIpc) is 2.80. The summed E-state index contributed by atoms with van der Waals surface area (Å²) in [5.74, 6) is 0.899. The molecule has 1 unspecified atom stereocenters. The minimum atomic E-state index is 0.315. The van der Waals surface area contributed by atoms with Crippen LogP contribution in [0.1, 0.15) is 13.3 Å². The van der Waals surface area contributed by atoms with Crippen molar-refractivity contribution in [3.05, 3.63) is 24.3 Å². The van der Waals surface area contributed by atoms with E-state index in [1.54, 1.807) is 0 Å². The molecule has 1 atom stereocenters. The van der Waals surface area contributed by atoms with Crippen molar-refractivity contribution in [3.8, 4) is 5.75 Å². The van der Waals surface area contributed by atoms with Crippen molar-refractivity contribution >= 4 is 23.1 Å². The van der Waals surface area contributed by atoms with Gasteiger partial charge < -0.3 is 4.74 Å². The largest absolute Gasteiger partial charge is 0.489 e. The predicted molar refractivity (Wildman–Crippen MR) is 72.3 cm³/mol. The molecule has 1 aromatic carbocycles. The van der Waals surface area contributed by atoms with E-state index in [1.165, 1.54) is 0 Å². The molecular formula is C13H16N2OS. The normalized spacial score (nSPS) is 19.9. The molecule has 1 aliphatic heterocycles. The Morgan fingerprint density at radius 1 is 1.47 bits per heavy atom. The van der Waals surface area contributed by atoms with Gasteiger partial charge in [0.1, 0.15) is 11.9 Å². The van der Waals surface area contributed by atoms with Crippen molar-refractivity contribution in [2.24, 2.45) is 4.99 Å². The van der Waals surface area contributed by atoms with Crippen LogP contribution in [0.4, 0.5) is 5.69 Å². The van der Waals surface area contributed by atoms with Gasteiger partial charge >= 0.3 is 0 Å². The van der Waals surface area contributed by atoms with Gasteiger partial charge in [-0.3, -0.25) is 4.90 Å². The highest BCUT2D eigenvalue weighted by atomic mass is 32.1. The van der Waals surface area contributed by atoms with Crippen LogP contribution in [0, 0.1) is 0 Å². The number of rotatable bonds is 4. The number of hydrogen-bond donors (Lipinski definition) is 0. The van der Waals surface area contributed by atoms with Crippen LogP contribution in [-0.4, -0.2) is 35.8 Å². The third-order valence-corrected chi connectivity index (χ3v) is 3.08. The first-order chi connectivity index (χ1) is 8.31. The molecule has 1 saturated heterocycles. The van der Waals surface area contributed by atoms with Crippen molar-refractivity contribution < 1.29 is 4.74 Å². The summed E-state index contributed by atoms with van der Waals surface area (Å²) in [6.45, 7) is 5.44. The molecule has 4 heteroatoms. The van der Waals surface area contributed by atoms with E-state index in [1.807, 2.05) is 24.3 Å². The fourth-order valence-corrected chi connectivity index (χ4v) is 2.13. The number of likely N-dealkylation sites (tertiary alicyclic amines) is 1. The fourth-order valence-electron chi connectivity index (χ4n) is 2.02. The Kier molecular flexibility index (Phi) is 4.26. The van der Waals surface area contributed by atoms with E-state index < -0.39 is 0 Å². The Balaban J connectivity index is 1.93. The molecule has 0 aliphatic carbocycles. The molecule has 0 N–H and O–H groups in total. The van der Waals surface area contributed by atoms with Gasteiger partial charge in [0.2, 0.25) is 0 Å². The quantitative estimate of drug-likeness (QED) is 0.605. The van der Waals surface area contributed by atoms with E-state index in [4.69, 9.17) is 4.74 Å². The Morgan fingerprint density at radius 3 is 2.82 bits per heavy atom. The zero-order valence-corrected chi connectivity index (χ0v) is 10.7.